The third-order valence-corrected chi connectivity index (χ3v) is 3.09. The van der Waals surface area contributed by atoms with Crippen molar-refractivity contribution < 1.29 is 9.53 Å². The number of benzene rings is 1. The summed E-state index contributed by atoms with van der Waals surface area (Å²) in [5, 5.41) is 5.02. The Morgan fingerprint density at radius 1 is 1.37 bits per heavy atom. The van der Waals surface area contributed by atoms with Crippen LogP contribution >= 0.6 is 11.3 Å². The predicted octanol–water partition coefficient (Wildman–Crippen LogP) is 3.43. The first-order valence-electron chi connectivity index (χ1n) is 6.09. The molecule has 0 aliphatic heterocycles. The average molecular weight is 276 g/mol. The zero-order chi connectivity index (χ0) is 13.7. The van der Waals surface area contributed by atoms with Crippen LogP contribution in [0, 0.1) is 5.92 Å². The third-order valence-electron chi connectivity index (χ3n) is 2.32. The smallest absolute Gasteiger partial charge is 0.284 e. The normalized spacial score (nSPS) is 10.5. The van der Waals surface area contributed by atoms with E-state index in [-0.39, 0.29) is 5.91 Å². The summed E-state index contributed by atoms with van der Waals surface area (Å²) in [4.78, 5) is 15.7. The van der Waals surface area contributed by atoms with Crippen LogP contribution in [0.15, 0.2) is 35.8 Å². The summed E-state index contributed by atoms with van der Waals surface area (Å²) >= 11 is 1.32. The van der Waals surface area contributed by atoms with E-state index in [0.717, 1.165) is 11.4 Å². The van der Waals surface area contributed by atoms with Crippen molar-refractivity contribution in [2.45, 2.75) is 13.8 Å². The second-order valence-corrected chi connectivity index (χ2v) is 5.42. The Bertz CT molecular complexity index is 521. The summed E-state index contributed by atoms with van der Waals surface area (Å²) in [6.07, 6.45) is 1.61. The van der Waals surface area contributed by atoms with Crippen LogP contribution in [-0.2, 0) is 0 Å². The van der Waals surface area contributed by atoms with Gasteiger partial charge in [-0.3, -0.25) is 4.79 Å². The number of hydrogen-bond donors (Lipinski definition) is 1. The van der Waals surface area contributed by atoms with Crippen LogP contribution in [0.2, 0.25) is 0 Å². The molecule has 1 aromatic heterocycles. The second kappa shape index (κ2) is 6.33. The van der Waals surface area contributed by atoms with Gasteiger partial charge in [-0.15, -0.1) is 11.3 Å². The fraction of sp³-hybridized carbons (Fsp3) is 0.286. The quantitative estimate of drug-likeness (QED) is 0.910. The van der Waals surface area contributed by atoms with Crippen LogP contribution in [-0.4, -0.2) is 17.5 Å². The van der Waals surface area contributed by atoms with Crippen LogP contribution in [0.1, 0.15) is 23.6 Å². The molecule has 4 nitrogen and oxygen atoms in total. The van der Waals surface area contributed by atoms with E-state index in [9.17, 15) is 4.79 Å². The molecule has 100 valence electrons. The highest BCUT2D eigenvalue weighted by molar-refractivity contribution is 7.11. The molecule has 0 bridgehead atoms. The SMILES string of the molecule is CC(C)COc1ccc(NC(=O)c2nccs2)cc1. The molecule has 0 unspecified atom stereocenters. The molecule has 5 heteroatoms. The molecule has 2 rings (SSSR count). The highest BCUT2D eigenvalue weighted by Gasteiger charge is 2.08. The molecule has 0 radical (unpaired) electrons. The molecule has 0 atom stereocenters. The van der Waals surface area contributed by atoms with Crippen molar-refractivity contribution in [2.24, 2.45) is 5.92 Å². The van der Waals surface area contributed by atoms with E-state index in [4.69, 9.17) is 4.74 Å². The van der Waals surface area contributed by atoms with Gasteiger partial charge >= 0.3 is 0 Å². The number of anilines is 1. The molecular formula is C14H16N2O2S. The summed E-state index contributed by atoms with van der Waals surface area (Å²) in [6.45, 7) is 4.88. The first kappa shape index (κ1) is 13.5. The third kappa shape index (κ3) is 4.06. The first-order valence-corrected chi connectivity index (χ1v) is 6.97. The largest absolute Gasteiger partial charge is 0.493 e. The molecule has 0 fully saturated rings. The van der Waals surface area contributed by atoms with Gasteiger partial charge in [-0.25, -0.2) is 4.98 Å². The zero-order valence-electron chi connectivity index (χ0n) is 10.9. The van der Waals surface area contributed by atoms with E-state index in [0.29, 0.717) is 17.5 Å². The number of carbonyl (C=O) groups excluding carboxylic acids is 1. The lowest BCUT2D eigenvalue weighted by Crippen LogP contribution is -2.11. The van der Waals surface area contributed by atoms with Crippen molar-refractivity contribution in [2.75, 3.05) is 11.9 Å². The molecule has 1 heterocycles. The number of rotatable bonds is 5. The number of amides is 1. The Morgan fingerprint density at radius 3 is 2.68 bits per heavy atom. The molecule has 1 amide bonds. The van der Waals surface area contributed by atoms with E-state index >= 15 is 0 Å². The molecule has 0 aliphatic carbocycles. The van der Waals surface area contributed by atoms with Gasteiger partial charge in [0, 0.05) is 17.3 Å². The van der Waals surface area contributed by atoms with Crippen LogP contribution in [0.25, 0.3) is 0 Å². The fourth-order valence-corrected chi connectivity index (χ4v) is 1.95. The highest BCUT2D eigenvalue weighted by Crippen LogP contribution is 2.17. The molecule has 0 spiro atoms. The van der Waals surface area contributed by atoms with Gasteiger partial charge in [0.05, 0.1) is 6.61 Å². The molecular weight excluding hydrogens is 260 g/mol. The topological polar surface area (TPSA) is 51.2 Å². The lowest BCUT2D eigenvalue weighted by Gasteiger charge is -2.09. The maximum Gasteiger partial charge on any atom is 0.284 e. The van der Waals surface area contributed by atoms with Crippen molar-refractivity contribution in [3.05, 3.63) is 40.8 Å². The number of ether oxygens (including phenoxy) is 1. The first-order chi connectivity index (χ1) is 9.15. The minimum Gasteiger partial charge on any atom is -0.493 e. The number of hydrogen-bond acceptors (Lipinski definition) is 4. The molecule has 19 heavy (non-hydrogen) atoms. The molecule has 0 saturated heterocycles. The Kier molecular flexibility index (Phi) is 4.52. The Labute approximate surface area is 116 Å². The van der Waals surface area contributed by atoms with Gasteiger partial charge in [0.15, 0.2) is 5.01 Å². The summed E-state index contributed by atoms with van der Waals surface area (Å²) in [5.74, 6) is 1.11. The van der Waals surface area contributed by atoms with Crippen LogP contribution < -0.4 is 10.1 Å². The summed E-state index contributed by atoms with van der Waals surface area (Å²) < 4.78 is 5.58. The summed E-state index contributed by atoms with van der Waals surface area (Å²) in [6, 6.07) is 7.34. The van der Waals surface area contributed by atoms with E-state index < -0.39 is 0 Å². The predicted molar refractivity (Wildman–Crippen MR) is 76.8 cm³/mol. The average Bonchev–Trinajstić information content (AvgIpc) is 2.92. The molecule has 1 N–H and O–H groups in total. The van der Waals surface area contributed by atoms with Crippen molar-refractivity contribution in [1.29, 1.82) is 0 Å². The van der Waals surface area contributed by atoms with Crippen LogP contribution in [0.5, 0.6) is 5.75 Å². The number of nitrogens with zero attached hydrogens (tertiary/aromatic N) is 1. The van der Waals surface area contributed by atoms with E-state index in [2.05, 4.69) is 24.1 Å². The minimum atomic E-state index is -0.189. The van der Waals surface area contributed by atoms with Crippen molar-refractivity contribution in [3.63, 3.8) is 0 Å². The standard InChI is InChI=1S/C14H16N2O2S/c1-10(2)9-18-12-5-3-11(4-6-12)16-13(17)14-15-7-8-19-14/h3-8,10H,9H2,1-2H3,(H,16,17). The van der Waals surface area contributed by atoms with Crippen molar-refractivity contribution in [3.8, 4) is 5.75 Å². The van der Waals surface area contributed by atoms with Gasteiger partial charge in [0.2, 0.25) is 0 Å². The van der Waals surface area contributed by atoms with Gasteiger partial charge in [-0.05, 0) is 30.2 Å². The monoisotopic (exact) mass is 276 g/mol. The Balaban J connectivity index is 1.93. The number of thiazole rings is 1. The second-order valence-electron chi connectivity index (χ2n) is 4.52. The fourth-order valence-electron chi connectivity index (χ4n) is 1.42. The highest BCUT2D eigenvalue weighted by atomic mass is 32.1. The van der Waals surface area contributed by atoms with Gasteiger partial charge in [0.25, 0.3) is 5.91 Å². The Hall–Kier alpha value is -1.88. The van der Waals surface area contributed by atoms with Gasteiger partial charge in [0.1, 0.15) is 5.75 Å². The minimum absolute atomic E-state index is 0.189. The van der Waals surface area contributed by atoms with Crippen LogP contribution in [0.4, 0.5) is 5.69 Å². The number of aromatic nitrogens is 1. The summed E-state index contributed by atoms with van der Waals surface area (Å²) in [5.41, 5.74) is 0.733. The molecule has 0 saturated carbocycles. The maximum absolute atomic E-state index is 11.8. The zero-order valence-corrected chi connectivity index (χ0v) is 11.7. The lowest BCUT2D eigenvalue weighted by molar-refractivity contribution is 0.102. The van der Waals surface area contributed by atoms with E-state index in [1.807, 2.05) is 24.3 Å². The van der Waals surface area contributed by atoms with Gasteiger partial charge in [-0.1, -0.05) is 13.8 Å². The molecule has 2 aromatic rings. The van der Waals surface area contributed by atoms with Crippen molar-refractivity contribution >= 4 is 22.9 Å². The van der Waals surface area contributed by atoms with Crippen molar-refractivity contribution in [1.82, 2.24) is 4.98 Å². The number of carbonyl (C=O) groups is 1. The van der Waals surface area contributed by atoms with Crippen LogP contribution in [0.3, 0.4) is 0 Å². The van der Waals surface area contributed by atoms with Gasteiger partial charge in [-0.2, -0.15) is 0 Å². The molecule has 0 aliphatic rings. The summed E-state index contributed by atoms with van der Waals surface area (Å²) in [7, 11) is 0. The maximum atomic E-state index is 11.8. The van der Waals surface area contributed by atoms with E-state index in [1.165, 1.54) is 11.3 Å². The molecule has 1 aromatic carbocycles. The van der Waals surface area contributed by atoms with Gasteiger partial charge < -0.3 is 10.1 Å². The Morgan fingerprint density at radius 2 is 2.11 bits per heavy atom. The number of nitrogens with one attached hydrogen (secondary N) is 1. The van der Waals surface area contributed by atoms with E-state index in [1.54, 1.807) is 11.6 Å². The lowest BCUT2D eigenvalue weighted by atomic mass is 10.2.